The number of rotatable bonds is 52. The summed E-state index contributed by atoms with van der Waals surface area (Å²) < 4.78 is 67.0. The van der Waals surface area contributed by atoms with Crippen LogP contribution in [0.2, 0.25) is 0 Å². The zero-order valence-corrected chi connectivity index (χ0v) is 46.6. The Morgan fingerprint density at radius 3 is 0.958 bits per heavy atom. The van der Waals surface area contributed by atoms with Crippen molar-refractivity contribution in [1.82, 2.24) is 0 Å². The molecule has 3 N–H and O–H groups in total. The molecule has 0 bridgehead atoms. The van der Waals surface area contributed by atoms with Gasteiger partial charge in [-0.25, -0.2) is 9.13 Å². The smallest absolute Gasteiger partial charge is 0.462 e. The third-order valence-electron chi connectivity index (χ3n) is 11.8. The summed E-state index contributed by atoms with van der Waals surface area (Å²) in [6, 6.07) is 0. The van der Waals surface area contributed by atoms with E-state index in [1.54, 1.807) is 0 Å². The predicted molar refractivity (Wildman–Crippen MR) is 275 cm³/mol. The normalized spacial score (nSPS) is 14.6. The molecule has 0 spiro atoms. The van der Waals surface area contributed by atoms with E-state index in [4.69, 9.17) is 37.0 Å². The minimum atomic E-state index is -4.93. The number of carbonyl (C=O) groups excluding carboxylic acids is 4. The molecule has 0 amide bonds. The molecule has 0 aliphatic heterocycles. The molecule has 2 unspecified atom stereocenters. The molecule has 0 rings (SSSR count). The fourth-order valence-electron chi connectivity index (χ4n) is 7.46. The molecule has 0 aliphatic carbocycles. The molecule has 0 aromatic carbocycles. The van der Waals surface area contributed by atoms with Gasteiger partial charge in [0, 0.05) is 25.7 Å². The molecular formula is C52H100O17P2. The minimum Gasteiger partial charge on any atom is -0.462 e. The van der Waals surface area contributed by atoms with Crippen LogP contribution in [0.25, 0.3) is 0 Å². The van der Waals surface area contributed by atoms with E-state index in [1.807, 2.05) is 0 Å². The van der Waals surface area contributed by atoms with Crippen molar-refractivity contribution < 1.29 is 80.2 Å². The largest absolute Gasteiger partial charge is 0.472 e. The summed E-state index contributed by atoms with van der Waals surface area (Å²) in [5.41, 5.74) is 0. The fourth-order valence-corrected chi connectivity index (χ4v) is 9.04. The topological polar surface area (TPSA) is 237 Å². The molecule has 420 valence electrons. The highest BCUT2D eigenvalue weighted by Gasteiger charge is 2.30. The number of carbonyl (C=O) groups is 4. The van der Waals surface area contributed by atoms with Crippen molar-refractivity contribution in [2.24, 2.45) is 5.92 Å². The van der Waals surface area contributed by atoms with Gasteiger partial charge in [-0.05, 0) is 31.6 Å². The molecule has 0 saturated heterocycles. The van der Waals surface area contributed by atoms with E-state index in [0.717, 1.165) is 102 Å². The van der Waals surface area contributed by atoms with Crippen LogP contribution in [0, 0.1) is 5.92 Å². The van der Waals surface area contributed by atoms with E-state index in [-0.39, 0.29) is 25.7 Å². The summed E-state index contributed by atoms with van der Waals surface area (Å²) in [6.07, 6.45) is 26.0. The van der Waals surface area contributed by atoms with Crippen molar-refractivity contribution in [3.8, 4) is 0 Å². The van der Waals surface area contributed by atoms with Crippen LogP contribution < -0.4 is 0 Å². The minimum absolute atomic E-state index is 0.0985. The van der Waals surface area contributed by atoms with E-state index in [2.05, 4.69) is 34.6 Å². The van der Waals surface area contributed by atoms with Gasteiger partial charge >= 0.3 is 39.5 Å². The van der Waals surface area contributed by atoms with E-state index in [9.17, 15) is 43.2 Å². The zero-order valence-electron chi connectivity index (χ0n) is 44.8. The fraction of sp³-hybridized carbons (Fsp3) is 0.923. The van der Waals surface area contributed by atoms with E-state index >= 15 is 0 Å². The third-order valence-corrected chi connectivity index (χ3v) is 13.7. The Hall–Kier alpha value is -1.94. The summed E-state index contributed by atoms with van der Waals surface area (Å²) in [5, 5.41) is 10.4. The van der Waals surface area contributed by atoms with Gasteiger partial charge in [-0.2, -0.15) is 0 Å². The first-order chi connectivity index (χ1) is 34.0. The number of phosphoric acid groups is 2. The second kappa shape index (κ2) is 46.6. The number of aliphatic hydroxyl groups is 1. The van der Waals surface area contributed by atoms with Crippen LogP contribution in [0.1, 0.15) is 247 Å². The average molecular weight is 1060 g/mol. The number of hydrogen-bond acceptors (Lipinski definition) is 15. The number of aliphatic hydroxyl groups excluding tert-OH is 1. The Morgan fingerprint density at radius 2 is 0.648 bits per heavy atom. The molecule has 0 radical (unpaired) electrons. The lowest BCUT2D eigenvalue weighted by Gasteiger charge is -2.21. The number of phosphoric ester groups is 2. The van der Waals surface area contributed by atoms with Crippen molar-refractivity contribution >= 4 is 39.5 Å². The van der Waals surface area contributed by atoms with E-state index in [0.29, 0.717) is 25.7 Å². The zero-order chi connectivity index (χ0) is 52.9. The second-order valence-electron chi connectivity index (χ2n) is 19.4. The van der Waals surface area contributed by atoms with Crippen molar-refractivity contribution in [1.29, 1.82) is 0 Å². The molecule has 0 saturated carbocycles. The van der Waals surface area contributed by atoms with Crippen LogP contribution in [0.3, 0.4) is 0 Å². The number of esters is 4. The Labute approximate surface area is 428 Å². The SMILES string of the molecule is CCCCCCCCCCCC(=O)OC[C@H](COP(=O)(O)OC[C@@H](O)COP(=O)(O)OC[C@@H](COC(=O)CCCCCCC)OC(=O)CCCCCCC)OC(=O)CCCCCCCCCCCC(C)C. The van der Waals surface area contributed by atoms with Gasteiger partial charge in [0.2, 0.25) is 0 Å². The quantitative estimate of drug-likeness (QED) is 0.0222. The molecule has 0 aromatic rings. The van der Waals surface area contributed by atoms with Crippen LogP contribution in [-0.2, 0) is 65.4 Å². The lowest BCUT2D eigenvalue weighted by molar-refractivity contribution is -0.161. The molecule has 0 aliphatic rings. The Balaban J connectivity index is 5.15. The molecule has 0 fully saturated rings. The number of hydrogen-bond donors (Lipinski definition) is 3. The van der Waals surface area contributed by atoms with Crippen LogP contribution in [-0.4, -0.2) is 96.7 Å². The lowest BCUT2D eigenvalue weighted by atomic mass is 10.0. The highest BCUT2D eigenvalue weighted by molar-refractivity contribution is 7.47. The first kappa shape index (κ1) is 69.1. The van der Waals surface area contributed by atoms with Gasteiger partial charge in [-0.1, -0.05) is 195 Å². The van der Waals surface area contributed by atoms with Crippen LogP contribution >= 0.6 is 15.6 Å². The van der Waals surface area contributed by atoms with Gasteiger partial charge in [0.25, 0.3) is 0 Å². The third kappa shape index (κ3) is 47.5. The maximum Gasteiger partial charge on any atom is 0.472 e. The van der Waals surface area contributed by atoms with E-state index < -0.39 is 97.5 Å². The highest BCUT2D eigenvalue weighted by Crippen LogP contribution is 2.45. The van der Waals surface area contributed by atoms with Gasteiger partial charge in [-0.3, -0.25) is 37.3 Å². The first-order valence-electron chi connectivity index (χ1n) is 27.6. The number of ether oxygens (including phenoxy) is 4. The molecular weight excluding hydrogens is 959 g/mol. The van der Waals surface area contributed by atoms with Crippen molar-refractivity contribution in [2.45, 2.75) is 265 Å². The molecule has 71 heavy (non-hydrogen) atoms. The number of unbranched alkanes of at least 4 members (excludes halogenated alkanes) is 24. The van der Waals surface area contributed by atoms with Crippen LogP contribution in [0.15, 0.2) is 0 Å². The summed E-state index contributed by atoms with van der Waals surface area (Å²) in [5.74, 6) is -1.44. The van der Waals surface area contributed by atoms with Crippen LogP contribution in [0.4, 0.5) is 0 Å². The molecule has 19 heteroatoms. The van der Waals surface area contributed by atoms with Gasteiger partial charge in [0.05, 0.1) is 26.4 Å². The average Bonchev–Trinajstić information content (AvgIpc) is 3.32. The Kier molecular flexibility index (Phi) is 45.3. The van der Waals surface area contributed by atoms with Gasteiger partial charge in [0.1, 0.15) is 19.3 Å². The highest BCUT2D eigenvalue weighted by atomic mass is 31.2. The molecule has 0 heterocycles. The Bertz CT molecular complexity index is 1420. The summed E-state index contributed by atoms with van der Waals surface area (Å²) in [6.45, 7) is 6.87. The van der Waals surface area contributed by atoms with Crippen LogP contribution in [0.5, 0.6) is 0 Å². The molecule has 17 nitrogen and oxygen atoms in total. The molecule has 5 atom stereocenters. The van der Waals surface area contributed by atoms with Gasteiger partial charge < -0.3 is 33.8 Å². The van der Waals surface area contributed by atoms with Gasteiger partial charge in [0.15, 0.2) is 12.2 Å². The second-order valence-corrected chi connectivity index (χ2v) is 22.3. The maximum absolute atomic E-state index is 12.8. The van der Waals surface area contributed by atoms with Crippen molar-refractivity contribution in [2.75, 3.05) is 39.6 Å². The first-order valence-corrected chi connectivity index (χ1v) is 30.6. The maximum atomic E-state index is 12.8. The van der Waals surface area contributed by atoms with E-state index in [1.165, 1.54) is 64.2 Å². The monoisotopic (exact) mass is 1060 g/mol. The van der Waals surface area contributed by atoms with Crippen molar-refractivity contribution in [3.63, 3.8) is 0 Å². The van der Waals surface area contributed by atoms with Gasteiger partial charge in [-0.15, -0.1) is 0 Å². The summed E-state index contributed by atoms with van der Waals surface area (Å²) in [4.78, 5) is 71.1. The lowest BCUT2D eigenvalue weighted by Crippen LogP contribution is -2.30. The summed E-state index contributed by atoms with van der Waals surface area (Å²) >= 11 is 0. The standard InChI is InChI=1S/C52H100O17P2/c1-6-9-12-15-16-18-22-27-31-36-50(55)63-42-48(69-52(57)38-33-28-23-20-17-19-21-26-29-34-45(4)5)44-67-71(60,61)65-40-46(53)39-64-70(58,59)66-43-47(68-51(56)37-32-25-14-11-8-3)41-62-49(54)35-30-24-13-10-7-2/h45-48,53H,6-44H2,1-5H3,(H,58,59)(H,60,61)/t46-,47+,48+/m0/s1. The van der Waals surface area contributed by atoms with Crippen molar-refractivity contribution in [3.05, 3.63) is 0 Å². The Morgan fingerprint density at radius 1 is 0.380 bits per heavy atom. The summed E-state index contributed by atoms with van der Waals surface area (Å²) in [7, 11) is -9.84. The molecule has 0 aromatic heterocycles. The predicted octanol–water partition coefficient (Wildman–Crippen LogP) is 13.1.